The standard InChI is InChI=1S/C15H25NOS/c1-3-13-7-8-14(18-13)10-15(16-4-2)12-6-5-9-17-11-12/h7-8,12,15-16H,3-6,9-11H2,1-2H3. The van der Waals surface area contributed by atoms with Crippen LogP contribution in [0.25, 0.3) is 0 Å². The monoisotopic (exact) mass is 267 g/mol. The summed E-state index contributed by atoms with van der Waals surface area (Å²) in [4.78, 5) is 3.02. The van der Waals surface area contributed by atoms with Gasteiger partial charge in [0, 0.05) is 22.4 Å². The zero-order chi connectivity index (χ0) is 12.8. The van der Waals surface area contributed by atoms with Gasteiger partial charge in [0.15, 0.2) is 0 Å². The number of ether oxygens (including phenoxy) is 1. The highest BCUT2D eigenvalue weighted by atomic mass is 32.1. The van der Waals surface area contributed by atoms with Crippen molar-refractivity contribution < 1.29 is 4.74 Å². The Morgan fingerprint density at radius 1 is 1.39 bits per heavy atom. The molecule has 2 heterocycles. The molecule has 18 heavy (non-hydrogen) atoms. The second-order valence-electron chi connectivity index (χ2n) is 5.07. The lowest BCUT2D eigenvalue weighted by atomic mass is 9.91. The fourth-order valence-corrected chi connectivity index (χ4v) is 3.71. The van der Waals surface area contributed by atoms with Crippen molar-refractivity contribution in [2.75, 3.05) is 19.8 Å². The van der Waals surface area contributed by atoms with Crippen LogP contribution in [0.5, 0.6) is 0 Å². The molecule has 0 aromatic carbocycles. The van der Waals surface area contributed by atoms with E-state index in [1.54, 1.807) is 0 Å². The van der Waals surface area contributed by atoms with Gasteiger partial charge < -0.3 is 10.1 Å². The van der Waals surface area contributed by atoms with E-state index < -0.39 is 0 Å². The lowest BCUT2D eigenvalue weighted by Gasteiger charge is -2.30. The van der Waals surface area contributed by atoms with Gasteiger partial charge in [-0.05, 0) is 50.3 Å². The first-order valence-electron chi connectivity index (χ1n) is 7.22. The van der Waals surface area contributed by atoms with Crippen LogP contribution >= 0.6 is 11.3 Å². The first kappa shape index (κ1) is 14.0. The molecule has 1 aromatic heterocycles. The first-order valence-corrected chi connectivity index (χ1v) is 8.03. The summed E-state index contributed by atoms with van der Waals surface area (Å²) < 4.78 is 5.64. The minimum Gasteiger partial charge on any atom is -0.381 e. The molecule has 1 aliphatic rings. The summed E-state index contributed by atoms with van der Waals surface area (Å²) in [5.74, 6) is 0.686. The van der Waals surface area contributed by atoms with Gasteiger partial charge >= 0.3 is 0 Å². The van der Waals surface area contributed by atoms with Gasteiger partial charge in [0.1, 0.15) is 0 Å². The van der Waals surface area contributed by atoms with Crippen LogP contribution in [0.15, 0.2) is 12.1 Å². The van der Waals surface area contributed by atoms with E-state index in [1.165, 1.54) is 22.6 Å². The smallest absolute Gasteiger partial charge is 0.0509 e. The van der Waals surface area contributed by atoms with Crippen LogP contribution in [0, 0.1) is 5.92 Å². The minimum absolute atomic E-state index is 0.582. The van der Waals surface area contributed by atoms with Crippen LogP contribution in [-0.2, 0) is 17.6 Å². The third kappa shape index (κ3) is 3.81. The molecule has 2 unspecified atom stereocenters. The van der Waals surface area contributed by atoms with Gasteiger partial charge in [-0.3, -0.25) is 0 Å². The third-order valence-corrected chi connectivity index (χ3v) is 4.97. The number of hydrogen-bond acceptors (Lipinski definition) is 3. The van der Waals surface area contributed by atoms with Crippen LogP contribution in [0.4, 0.5) is 0 Å². The number of likely N-dealkylation sites (N-methyl/N-ethyl adjacent to an activating group) is 1. The molecule has 0 amide bonds. The molecule has 2 atom stereocenters. The molecular weight excluding hydrogens is 242 g/mol. The van der Waals surface area contributed by atoms with Gasteiger partial charge in [-0.1, -0.05) is 13.8 Å². The Kier molecular flexibility index (Phi) is 5.67. The van der Waals surface area contributed by atoms with Gasteiger partial charge in [-0.25, -0.2) is 0 Å². The summed E-state index contributed by atoms with van der Waals surface area (Å²) in [5, 5.41) is 3.65. The third-order valence-electron chi connectivity index (χ3n) is 3.72. The predicted molar refractivity (Wildman–Crippen MR) is 78.4 cm³/mol. The molecule has 0 spiro atoms. The molecule has 2 nitrogen and oxygen atoms in total. The molecular formula is C15H25NOS. The Balaban J connectivity index is 1.95. The van der Waals surface area contributed by atoms with E-state index in [9.17, 15) is 0 Å². The van der Waals surface area contributed by atoms with Crippen LogP contribution in [0.1, 0.15) is 36.4 Å². The molecule has 1 N–H and O–H groups in total. The summed E-state index contributed by atoms with van der Waals surface area (Å²) in [6, 6.07) is 5.16. The zero-order valence-electron chi connectivity index (χ0n) is 11.6. The van der Waals surface area contributed by atoms with E-state index in [1.807, 2.05) is 11.3 Å². The fourth-order valence-electron chi connectivity index (χ4n) is 2.69. The maximum Gasteiger partial charge on any atom is 0.0509 e. The van der Waals surface area contributed by atoms with E-state index in [2.05, 4.69) is 31.3 Å². The summed E-state index contributed by atoms with van der Waals surface area (Å²) in [6.07, 6.45) is 4.84. The van der Waals surface area contributed by atoms with Gasteiger partial charge in [0.2, 0.25) is 0 Å². The van der Waals surface area contributed by atoms with Crippen LogP contribution in [-0.4, -0.2) is 25.8 Å². The number of hydrogen-bond donors (Lipinski definition) is 1. The molecule has 1 saturated heterocycles. The molecule has 102 valence electrons. The van der Waals surface area contributed by atoms with Crippen molar-refractivity contribution in [3.63, 3.8) is 0 Å². The molecule has 1 aliphatic heterocycles. The van der Waals surface area contributed by atoms with Crippen molar-refractivity contribution in [2.45, 2.75) is 45.6 Å². The first-order chi connectivity index (χ1) is 8.83. The summed E-state index contributed by atoms with van der Waals surface area (Å²) >= 11 is 1.97. The van der Waals surface area contributed by atoms with Gasteiger partial charge in [0.05, 0.1) is 6.61 Å². The Bertz CT molecular complexity index is 344. The SMILES string of the molecule is CCNC(Cc1ccc(CC)s1)C1CCCOC1. The summed E-state index contributed by atoms with van der Waals surface area (Å²) in [5.41, 5.74) is 0. The summed E-state index contributed by atoms with van der Waals surface area (Å²) in [6.45, 7) is 7.36. The predicted octanol–water partition coefficient (Wildman–Crippen LogP) is 3.26. The fraction of sp³-hybridized carbons (Fsp3) is 0.733. The highest BCUT2D eigenvalue weighted by Crippen LogP contribution is 2.24. The van der Waals surface area contributed by atoms with Gasteiger partial charge in [-0.2, -0.15) is 0 Å². The van der Waals surface area contributed by atoms with Crippen molar-refractivity contribution in [3.05, 3.63) is 21.9 Å². The number of nitrogens with one attached hydrogen (secondary N) is 1. The van der Waals surface area contributed by atoms with Crippen LogP contribution in [0.2, 0.25) is 0 Å². The Morgan fingerprint density at radius 3 is 2.83 bits per heavy atom. The largest absolute Gasteiger partial charge is 0.381 e. The average molecular weight is 267 g/mol. The topological polar surface area (TPSA) is 21.3 Å². The average Bonchev–Trinajstić information content (AvgIpc) is 2.87. The molecule has 0 bridgehead atoms. The van der Waals surface area contributed by atoms with Crippen molar-refractivity contribution in [2.24, 2.45) is 5.92 Å². The second-order valence-corrected chi connectivity index (χ2v) is 6.32. The molecule has 2 rings (SSSR count). The van der Waals surface area contributed by atoms with Crippen molar-refractivity contribution in [1.82, 2.24) is 5.32 Å². The van der Waals surface area contributed by atoms with E-state index in [-0.39, 0.29) is 0 Å². The highest BCUT2D eigenvalue weighted by molar-refractivity contribution is 7.11. The maximum absolute atomic E-state index is 5.64. The number of thiophene rings is 1. The van der Waals surface area contributed by atoms with E-state index in [0.717, 1.165) is 32.6 Å². The Morgan fingerprint density at radius 2 is 2.22 bits per heavy atom. The molecule has 0 saturated carbocycles. The molecule has 3 heteroatoms. The zero-order valence-corrected chi connectivity index (χ0v) is 12.4. The normalized spacial score (nSPS) is 22.0. The highest BCUT2D eigenvalue weighted by Gasteiger charge is 2.24. The van der Waals surface area contributed by atoms with Crippen LogP contribution in [0.3, 0.4) is 0 Å². The van der Waals surface area contributed by atoms with Crippen molar-refractivity contribution in [3.8, 4) is 0 Å². The minimum atomic E-state index is 0.582. The molecule has 1 aromatic rings. The maximum atomic E-state index is 5.64. The molecule has 0 aliphatic carbocycles. The van der Waals surface area contributed by atoms with E-state index in [0.29, 0.717) is 12.0 Å². The Hall–Kier alpha value is -0.380. The lowest BCUT2D eigenvalue weighted by molar-refractivity contribution is 0.0397. The number of aryl methyl sites for hydroxylation is 1. The van der Waals surface area contributed by atoms with Gasteiger partial charge in [-0.15, -0.1) is 11.3 Å². The van der Waals surface area contributed by atoms with Gasteiger partial charge in [0.25, 0.3) is 0 Å². The summed E-state index contributed by atoms with van der Waals surface area (Å²) in [7, 11) is 0. The van der Waals surface area contributed by atoms with E-state index >= 15 is 0 Å². The Labute approximate surface area is 115 Å². The molecule has 0 radical (unpaired) electrons. The number of rotatable bonds is 6. The second kappa shape index (κ2) is 7.27. The van der Waals surface area contributed by atoms with Crippen molar-refractivity contribution >= 4 is 11.3 Å². The lowest BCUT2D eigenvalue weighted by Crippen LogP contribution is -2.41. The quantitative estimate of drug-likeness (QED) is 0.854. The van der Waals surface area contributed by atoms with Crippen molar-refractivity contribution in [1.29, 1.82) is 0 Å². The van der Waals surface area contributed by atoms with E-state index in [4.69, 9.17) is 4.74 Å². The molecule has 1 fully saturated rings. The van der Waals surface area contributed by atoms with Crippen LogP contribution < -0.4 is 5.32 Å².